The van der Waals surface area contributed by atoms with E-state index < -0.39 is 6.04 Å². The minimum atomic E-state index is -0.553. The van der Waals surface area contributed by atoms with Crippen LogP contribution >= 0.6 is 0 Å². The first-order valence-electron chi connectivity index (χ1n) is 10.9. The third-order valence-corrected chi connectivity index (χ3v) is 5.52. The third-order valence-electron chi connectivity index (χ3n) is 5.52. The molecule has 3 rings (SSSR count). The second kappa shape index (κ2) is 10.3. The van der Waals surface area contributed by atoms with E-state index >= 15 is 0 Å². The number of hydrogen-bond acceptors (Lipinski definition) is 4. The van der Waals surface area contributed by atoms with Crippen molar-refractivity contribution in [1.29, 1.82) is 0 Å². The van der Waals surface area contributed by atoms with Gasteiger partial charge in [-0.15, -0.1) is 0 Å². The first-order valence-corrected chi connectivity index (χ1v) is 10.9. The first-order chi connectivity index (χ1) is 14.8. The zero-order valence-corrected chi connectivity index (χ0v) is 18.8. The molecule has 0 fully saturated rings. The number of nitrogens with one attached hydrogen (secondary N) is 1. The fourth-order valence-corrected chi connectivity index (χ4v) is 3.50. The molecule has 2 aromatic carbocycles. The fourth-order valence-electron chi connectivity index (χ4n) is 3.50. The van der Waals surface area contributed by atoms with Gasteiger partial charge in [-0.2, -0.15) is 0 Å². The van der Waals surface area contributed by atoms with Crippen LogP contribution in [0.1, 0.15) is 43.9 Å². The van der Waals surface area contributed by atoms with Crippen molar-refractivity contribution in [2.75, 3.05) is 13.3 Å². The standard InChI is InChI=1S/C25H32N2O4/c1-17(2)14-26-25(29)19(4)27(15-21-8-6-5-7-18(21)3)24(28)12-10-20-9-11-22-23(13-20)31-16-30-22/h5-9,11,13,17,19H,10,12,14-16H2,1-4H3,(H,26,29)/t19-/m1/s1. The molecule has 1 N–H and O–H groups in total. The highest BCUT2D eigenvalue weighted by Gasteiger charge is 2.26. The molecule has 1 aliphatic rings. The van der Waals surface area contributed by atoms with Crippen molar-refractivity contribution in [2.45, 2.75) is 53.1 Å². The van der Waals surface area contributed by atoms with Crippen LogP contribution in [0.15, 0.2) is 42.5 Å². The minimum absolute atomic E-state index is 0.0480. The minimum Gasteiger partial charge on any atom is -0.454 e. The number of amides is 2. The largest absolute Gasteiger partial charge is 0.454 e. The second-order valence-electron chi connectivity index (χ2n) is 8.45. The molecule has 2 amide bonds. The van der Waals surface area contributed by atoms with Gasteiger partial charge in [-0.1, -0.05) is 44.2 Å². The maximum absolute atomic E-state index is 13.2. The zero-order valence-electron chi connectivity index (χ0n) is 18.8. The Morgan fingerprint density at radius 3 is 2.55 bits per heavy atom. The second-order valence-corrected chi connectivity index (χ2v) is 8.45. The monoisotopic (exact) mass is 424 g/mol. The van der Waals surface area contributed by atoms with Gasteiger partial charge in [-0.05, 0) is 55.0 Å². The van der Waals surface area contributed by atoms with Crippen molar-refractivity contribution < 1.29 is 19.1 Å². The molecule has 0 bridgehead atoms. The van der Waals surface area contributed by atoms with Gasteiger partial charge < -0.3 is 19.7 Å². The Morgan fingerprint density at radius 2 is 1.81 bits per heavy atom. The van der Waals surface area contributed by atoms with Crippen molar-refractivity contribution in [2.24, 2.45) is 5.92 Å². The van der Waals surface area contributed by atoms with E-state index in [2.05, 4.69) is 5.32 Å². The number of aryl methyl sites for hydroxylation is 2. The van der Waals surface area contributed by atoms with Gasteiger partial charge in [-0.3, -0.25) is 9.59 Å². The van der Waals surface area contributed by atoms with Gasteiger partial charge in [0.15, 0.2) is 11.5 Å². The zero-order chi connectivity index (χ0) is 22.4. The van der Waals surface area contributed by atoms with Crippen molar-refractivity contribution >= 4 is 11.8 Å². The predicted octanol–water partition coefficient (Wildman–Crippen LogP) is 3.85. The van der Waals surface area contributed by atoms with Gasteiger partial charge in [-0.25, -0.2) is 0 Å². The van der Waals surface area contributed by atoms with E-state index in [0.717, 1.165) is 22.4 Å². The molecular weight excluding hydrogens is 392 g/mol. The molecule has 0 saturated heterocycles. The van der Waals surface area contributed by atoms with E-state index in [1.165, 1.54) is 0 Å². The summed E-state index contributed by atoms with van der Waals surface area (Å²) in [5, 5.41) is 2.96. The van der Waals surface area contributed by atoms with Gasteiger partial charge in [0.1, 0.15) is 6.04 Å². The molecule has 1 atom stereocenters. The summed E-state index contributed by atoms with van der Waals surface area (Å²) in [6.45, 7) is 9.14. The average Bonchev–Trinajstić information content (AvgIpc) is 3.22. The summed E-state index contributed by atoms with van der Waals surface area (Å²) < 4.78 is 10.8. The summed E-state index contributed by atoms with van der Waals surface area (Å²) in [6.07, 6.45) is 0.882. The van der Waals surface area contributed by atoms with Gasteiger partial charge in [0, 0.05) is 19.5 Å². The Balaban J connectivity index is 1.71. The van der Waals surface area contributed by atoms with Crippen LogP contribution < -0.4 is 14.8 Å². The number of nitrogens with zero attached hydrogens (tertiary/aromatic N) is 1. The Bertz CT molecular complexity index is 925. The molecular formula is C25H32N2O4. The number of rotatable bonds is 9. The van der Waals surface area contributed by atoms with Gasteiger partial charge >= 0.3 is 0 Å². The first kappa shape index (κ1) is 22.7. The number of ether oxygens (including phenoxy) is 2. The molecule has 31 heavy (non-hydrogen) atoms. The van der Waals surface area contributed by atoms with E-state index in [-0.39, 0.29) is 18.6 Å². The van der Waals surface area contributed by atoms with E-state index in [4.69, 9.17) is 9.47 Å². The smallest absolute Gasteiger partial charge is 0.242 e. The lowest BCUT2D eigenvalue weighted by Crippen LogP contribution is -2.48. The molecule has 1 aliphatic heterocycles. The quantitative estimate of drug-likeness (QED) is 0.664. The summed E-state index contributed by atoms with van der Waals surface area (Å²) in [5.74, 6) is 1.62. The topological polar surface area (TPSA) is 67.9 Å². The molecule has 0 unspecified atom stereocenters. The van der Waals surface area contributed by atoms with Crippen LogP contribution in [0.25, 0.3) is 0 Å². The van der Waals surface area contributed by atoms with Crippen LogP contribution in [0, 0.1) is 12.8 Å². The highest BCUT2D eigenvalue weighted by atomic mass is 16.7. The molecule has 2 aromatic rings. The Hall–Kier alpha value is -3.02. The van der Waals surface area contributed by atoms with Gasteiger partial charge in [0.25, 0.3) is 0 Å². The number of benzene rings is 2. The highest BCUT2D eigenvalue weighted by Crippen LogP contribution is 2.32. The van der Waals surface area contributed by atoms with Crippen molar-refractivity contribution in [3.63, 3.8) is 0 Å². The fraction of sp³-hybridized carbons (Fsp3) is 0.440. The average molecular weight is 425 g/mol. The van der Waals surface area contributed by atoms with E-state index in [1.807, 2.05) is 63.2 Å². The maximum Gasteiger partial charge on any atom is 0.242 e. The van der Waals surface area contributed by atoms with Crippen LogP contribution in [-0.4, -0.2) is 36.1 Å². The molecule has 0 aliphatic carbocycles. The molecule has 0 saturated carbocycles. The predicted molar refractivity (Wildman–Crippen MR) is 120 cm³/mol. The maximum atomic E-state index is 13.2. The number of hydrogen-bond donors (Lipinski definition) is 1. The van der Waals surface area contributed by atoms with Crippen LogP contribution in [0.4, 0.5) is 0 Å². The van der Waals surface area contributed by atoms with Crippen LogP contribution in [-0.2, 0) is 22.6 Å². The van der Waals surface area contributed by atoms with E-state index in [0.29, 0.717) is 37.6 Å². The van der Waals surface area contributed by atoms with Gasteiger partial charge in [0.05, 0.1) is 0 Å². The molecule has 6 heteroatoms. The van der Waals surface area contributed by atoms with Crippen molar-refractivity contribution in [1.82, 2.24) is 10.2 Å². The Morgan fingerprint density at radius 1 is 1.06 bits per heavy atom. The lowest BCUT2D eigenvalue weighted by molar-refractivity contribution is -0.140. The molecule has 0 aromatic heterocycles. The molecule has 0 radical (unpaired) electrons. The molecule has 166 valence electrons. The highest BCUT2D eigenvalue weighted by molar-refractivity contribution is 5.87. The van der Waals surface area contributed by atoms with E-state index in [9.17, 15) is 9.59 Å². The molecule has 6 nitrogen and oxygen atoms in total. The summed E-state index contributed by atoms with van der Waals surface area (Å²) in [4.78, 5) is 27.7. The number of fused-ring (bicyclic) bond motifs is 1. The molecule has 0 spiro atoms. The van der Waals surface area contributed by atoms with Crippen molar-refractivity contribution in [3.8, 4) is 11.5 Å². The lowest BCUT2D eigenvalue weighted by Gasteiger charge is -2.29. The van der Waals surface area contributed by atoms with Crippen molar-refractivity contribution in [3.05, 3.63) is 59.2 Å². The summed E-state index contributed by atoms with van der Waals surface area (Å²) in [5.41, 5.74) is 3.15. The number of carbonyl (C=O) groups is 2. The third kappa shape index (κ3) is 6.00. The van der Waals surface area contributed by atoms with Crippen LogP contribution in [0.2, 0.25) is 0 Å². The Labute approximate surface area is 184 Å². The number of carbonyl (C=O) groups excluding carboxylic acids is 2. The summed E-state index contributed by atoms with van der Waals surface area (Å²) >= 11 is 0. The lowest BCUT2D eigenvalue weighted by atomic mass is 10.1. The summed E-state index contributed by atoms with van der Waals surface area (Å²) in [7, 11) is 0. The normalized spacial score (nSPS) is 13.2. The van der Waals surface area contributed by atoms with Gasteiger partial charge in [0.2, 0.25) is 18.6 Å². The molecule has 1 heterocycles. The van der Waals surface area contributed by atoms with E-state index in [1.54, 1.807) is 11.8 Å². The Kier molecular flexibility index (Phi) is 7.55. The van der Waals surface area contributed by atoms with Crippen LogP contribution in [0.3, 0.4) is 0 Å². The summed E-state index contributed by atoms with van der Waals surface area (Å²) in [6, 6.07) is 13.1. The SMILES string of the molecule is Cc1ccccc1CN(C(=O)CCc1ccc2c(c1)OCO2)[C@H](C)C(=O)NCC(C)C. The van der Waals surface area contributed by atoms with Crippen LogP contribution in [0.5, 0.6) is 11.5 Å².